The molecule has 2 N–H and O–H groups in total. The molecule has 2 atom stereocenters. The number of benzene rings is 2. The molecule has 0 spiro atoms. The molecule has 0 saturated carbocycles. The number of fused-ring (bicyclic) bond motifs is 1. The molecule has 0 bridgehead atoms. The lowest BCUT2D eigenvalue weighted by molar-refractivity contribution is -0.124. The number of likely N-dealkylation sites (tertiary alicyclic amines) is 1. The highest BCUT2D eigenvalue weighted by Gasteiger charge is 2.44. The molecule has 4 heteroatoms. The van der Waals surface area contributed by atoms with Crippen LogP contribution in [0, 0.1) is 5.92 Å². The van der Waals surface area contributed by atoms with Crippen LogP contribution in [0.2, 0.25) is 0 Å². The fraction of sp³-hybridized carbons (Fsp3) is 0.435. The molecule has 2 aliphatic heterocycles. The zero-order chi connectivity index (χ0) is 18.9. The Labute approximate surface area is 161 Å². The van der Waals surface area contributed by atoms with Gasteiger partial charge < -0.3 is 15.4 Å². The molecule has 1 fully saturated rings. The van der Waals surface area contributed by atoms with E-state index >= 15 is 0 Å². The fourth-order valence-electron chi connectivity index (χ4n) is 4.55. The average molecular weight is 364 g/mol. The summed E-state index contributed by atoms with van der Waals surface area (Å²) in [5, 5.41) is 0. The van der Waals surface area contributed by atoms with E-state index in [2.05, 4.69) is 23.1 Å². The van der Waals surface area contributed by atoms with E-state index in [1.165, 1.54) is 11.1 Å². The molecule has 0 aromatic heterocycles. The summed E-state index contributed by atoms with van der Waals surface area (Å²) in [6.45, 7) is 5.77. The number of amides is 1. The number of nitrogens with two attached hydrogens (primary N) is 1. The third kappa shape index (κ3) is 3.46. The standard InChI is InChI=1S/C23H28N2O2/c1-23(22(24)26,19-5-3-2-4-6-19)20-10-13-25(16-20)12-9-17-7-8-21-18(15-17)11-14-27-21/h2-8,15,20H,9-14,16H2,1H3,(H2,24,26). The van der Waals surface area contributed by atoms with E-state index in [1.807, 2.05) is 37.3 Å². The molecule has 2 aromatic carbocycles. The Kier molecular flexibility index (Phi) is 4.92. The number of hydrogen-bond acceptors (Lipinski definition) is 3. The fourth-order valence-corrected chi connectivity index (χ4v) is 4.55. The molecule has 1 saturated heterocycles. The van der Waals surface area contributed by atoms with E-state index in [4.69, 9.17) is 10.5 Å². The van der Waals surface area contributed by atoms with E-state index in [0.29, 0.717) is 0 Å². The van der Waals surface area contributed by atoms with Crippen LogP contribution >= 0.6 is 0 Å². The Morgan fingerprint density at radius 3 is 2.85 bits per heavy atom. The molecule has 1 amide bonds. The van der Waals surface area contributed by atoms with Crippen LogP contribution in [-0.4, -0.2) is 37.0 Å². The van der Waals surface area contributed by atoms with E-state index in [9.17, 15) is 4.79 Å². The largest absolute Gasteiger partial charge is 0.493 e. The predicted octanol–water partition coefficient (Wildman–Crippen LogP) is 2.93. The summed E-state index contributed by atoms with van der Waals surface area (Å²) in [5.41, 5.74) is 8.99. The maximum Gasteiger partial charge on any atom is 0.228 e. The summed E-state index contributed by atoms with van der Waals surface area (Å²) in [7, 11) is 0. The summed E-state index contributed by atoms with van der Waals surface area (Å²) in [4.78, 5) is 14.9. The minimum atomic E-state index is -0.610. The van der Waals surface area contributed by atoms with Crippen molar-refractivity contribution in [2.45, 2.75) is 31.6 Å². The Morgan fingerprint density at radius 1 is 1.26 bits per heavy atom. The molecule has 0 radical (unpaired) electrons. The third-order valence-corrected chi connectivity index (χ3v) is 6.44. The van der Waals surface area contributed by atoms with Gasteiger partial charge in [0.15, 0.2) is 0 Å². The lowest BCUT2D eigenvalue weighted by Gasteiger charge is -2.33. The molecule has 0 aliphatic carbocycles. The van der Waals surface area contributed by atoms with Crippen molar-refractivity contribution < 1.29 is 9.53 Å². The van der Waals surface area contributed by atoms with Gasteiger partial charge in [-0.25, -0.2) is 0 Å². The second-order valence-corrected chi connectivity index (χ2v) is 8.01. The second kappa shape index (κ2) is 7.35. The van der Waals surface area contributed by atoms with E-state index in [0.717, 1.165) is 56.8 Å². The first-order valence-corrected chi connectivity index (χ1v) is 9.90. The van der Waals surface area contributed by atoms with E-state index in [1.54, 1.807) is 0 Å². The quantitative estimate of drug-likeness (QED) is 0.857. The van der Waals surface area contributed by atoms with Crippen LogP contribution in [0.1, 0.15) is 30.0 Å². The van der Waals surface area contributed by atoms with E-state index < -0.39 is 5.41 Å². The van der Waals surface area contributed by atoms with Gasteiger partial charge in [-0.3, -0.25) is 4.79 Å². The van der Waals surface area contributed by atoms with Gasteiger partial charge in [0.05, 0.1) is 12.0 Å². The highest BCUT2D eigenvalue weighted by Crippen LogP contribution is 2.38. The Hall–Kier alpha value is -2.33. The first kappa shape index (κ1) is 18.1. The van der Waals surface area contributed by atoms with Gasteiger partial charge >= 0.3 is 0 Å². The predicted molar refractivity (Wildman–Crippen MR) is 107 cm³/mol. The van der Waals surface area contributed by atoms with Crippen LogP contribution in [0.25, 0.3) is 0 Å². The Bertz CT molecular complexity index is 820. The SMILES string of the molecule is CC(C(N)=O)(c1ccccc1)C1CCN(CCc2ccc3c(c2)CCO3)C1. The lowest BCUT2D eigenvalue weighted by Crippen LogP contribution is -2.46. The number of rotatable bonds is 6. The third-order valence-electron chi connectivity index (χ3n) is 6.44. The van der Waals surface area contributed by atoms with Crippen molar-refractivity contribution in [2.24, 2.45) is 11.7 Å². The molecule has 27 heavy (non-hydrogen) atoms. The number of nitrogens with zero attached hydrogens (tertiary/aromatic N) is 1. The summed E-state index contributed by atoms with van der Waals surface area (Å²) in [5.74, 6) is 1.07. The van der Waals surface area contributed by atoms with Crippen LogP contribution in [0.15, 0.2) is 48.5 Å². The highest BCUT2D eigenvalue weighted by atomic mass is 16.5. The van der Waals surface area contributed by atoms with Crippen LogP contribution < -0.4 is 10.5 Å². The van der Waals surface area contributed by atoms with Gasteiger partial charge in [0.2, 0.25) is 5.91 Å². The zero-order valence-corrected chi connectivity index (χ0v) is 16.0. The second-order valence-electron chi connectivity index (χ2n) is 8.01. The van der Waals surface area contributed by atoms with Gasteiger partial charge in [0.25, 0.3) is 0 Å². The van der Waals surface area contributed by atoms with Crippen LogP contribution in [-0.2, 0) is 23.1 Å². The van der Waals surface area contributed by atoms with Gasteiger partial charge in [-0.05, 0) is 55.0 Å². The van der Waals surface area contributed by atoms with E-state index in [-0.39, 0.29) is 11.8 Å². The maximum atomic E-state index is 12.4. The summed E-state index contributed by atoms with van der Waals surface area (Å²) in [6, 6.07) is 16.6. The topological polar surface area (TPSA) is 55.6 Å². The number of carbonyl (C=O) groups is 1. The Balaban J connectivity index is 1.41. The minimum Gasteiger partial charge on any atom is -0.493 e. The van der Waals surface area contributed by atoms with Crippen molar-refractivity contribution in [3.63, 3.8) is 0 Å². The van der Waals surface area contributed by atoms with Gasteiger partial charge in [-0.15, -0.1) is 0 Å². The number of ether oxygens (including phenoxy) is 1. The van der Waals surface area contributed by atoms with Crippen molar-refractivity contribution in [1.82, 2.24) is 4.90 Å². The van der Waals surface area contributed by atoms with Gasteiger partial charge in [0, 0.05) is 19.5 Å². The zero-order valence-electron chi connectivity index (χ0n) is 16.0. The summed E-state index contributed by atoms with van der Waals surface area (Å²) >= 11 is 0. The van der Waals surface area contributed by atoms with Gasteiger partial charge in [-0.1, -0.05) is 42.5 Å². The molecule has 4 rings (SSSR count). The van der Waals surface area contributed by atoms with Crippen molar-refractivity contribution in [3.05, 3.63) is 65.2 Å². The number of primary amides is 1. The van der Waals surface area contributed by atoms with Crippen LogP contribution in [0.4, 0.5) is 0 Å². The smallest absolute Gasteiger partial charge is 0.228 e. The van der Waals surface area contributed by atoms with Crippen molar-refractivity contribution in [3.8, 4) is 5.75 Å². The minimum absolute atomic E-state index is 0.223. The average Bonchev–Trinajstić information content (AvgIpc) is 3.35. The lowest BCUT2D eigenvalue weighted by atomic mass is 9.70. The van der Waals surface area contributed by atoms with Gasteiger partial charge in [-0.2, -0.15) is 0 Å². The molecule has 4 nitrogen and oxygen atoms in total. The number of carbonyl (C=O) groups excluding carboxylic acids is 1. The van der Waals surface area contributed by atoms with Crippen molar-refractivity contribution in [2.75, 3.05) is 26.2 Å². The molecule has 142 valence electrons. The van der Waals surface area contributed by atoms with Crippen molar-refractivity contribution >= 4 is 5.91 Å². The maximum absolute atomic E-state index is 12.4. The molecular weight excluding hydrogens is 336 g/mol. The molecule has 2 unspecified atom stereocenters. The van der Waals surface area contributed by atoms with Crippen molar-refractivity contribution in [1.29, 1.82) is 0 Å². The molecule has 2 aromatic rings. The molecule has 2 aliphatic rings. The normalized spacial score (nSPS) is 21.4. The van der Waals surface area contributed by atoms with Gasteiger partial charge in [0.1, 0.15) is 5.75 Å². The first-order chi connectivity index (χ1) is 13.1. The summed E-state index contributed by atoms with van der Waals surface area (Å²) in [6.07, 6.45) is 3.05. The monoisotopic (exact) mass is 364 g/mol. The molecule has 2 heterocycles. The van der Waals surface area contributed by atoms with Crippen LogP contribution in [0.5, 0.6) is 5.75 Å². The Morgan fingerprint density at radius 2 is 2.07 bits per heavy atom. The molecular formula is C23H28N2O2. The first-order valence-electron chi connectivity index (χ1n) is 9.90. The summed E-state index contributed by atoms with van der Waals surface area (Å²) < 4.78 is 5.59. The highest BCUT2D eigenvalue weighted by molar-refractivity contribution is 5.86. The van der Waals surface area contributed by atoms with Crippen LogP contribution in [0.3, 0.4) is 0 Å². The number of hydrogen-bond donors (Lipinski definition) is 1.